The number of phenolic OH excluding ortho intramolecular Hbond substituents is 1. The van der Waals surface area contributed by atoms with Crippen molar-refractivity contribution in [1.29, 1.82) is 0 Å². The molecule has 7 N–H and O–H groups in total. The van der Waals surface area contributed by atoms with Crippen LogP contribution in [0.5, 0.6) is 5.75 Å². The zero-order valence-corrected chi connectivity index (χ0v) is 14.4. The molecule has 141 valence electrons. The van der Waals surface area contributed by atoms with Gasteiger partial charge in [-0.15, -0.1) is 0 Å². The Morgan fingerprint density at radius 2 is 1.77 bits per heavy atom. The predicted octanol–water partition coefficient (Wildman–Crippen LogP) is -1.37. The molecule has 0 aliphatic carbocycles. The smallest absolute Gasteiger partial charge is 0.243 e. The number of benzene rings is 1. The summed E-state index contributed by atoms with van der Waals surface area (Å²) in [6.45, 7) is 1.45. The number of nitrogens with one attached hydrogen (secondary N) is 2. The average molecular weight is 363 g/mol. The van der Waals surface area contributed by atoms with Crippen LogP contribution >= 0.6 is 0 Å². The lowest BCUT2D eigenvalue weighted by Crippen LogP contribution is -2.53. The molecule has 3 atom stereocenters. The second kappa shape index (κ2) is 10.1. The molecule has 0 aromatic heterocycles. The standard InChI is InChI=1S/C17H23N4O5/c1-10(18)16(25)21-14(6-7-15(19)24)17(26)20-12(9-22)8-11-2-4-13(23)5-3-11/h2-5,10,12,14,23H,6-8,18H2,1H3,(H2,19,24)(H,20,26)(H,21,25)/t10-,12+,14+/m1/s1. The van der Waals surface area contributed by atoms with Gasteiger partial charge in [0.15, 0.2) is 0 Å². The van der Waals surface area contributed by atoms with Crippen molar-refractivity contribution in [3.63, 3.8) is 0 Å². The van der Waals surface area contributed by atoms with Gasteiger partial charge in [-0.3, -0.25) is 19.2 Å². The van der Waals surface area contributed by atoms with Crippen LogP contribution in [0.15, 0.2) is 24.3 Å². The van der Waals surface area contributed by atoms with Crippen LogP contribution in [0.1, 0.15) is 25.3 Å². The van der Waals surface area contributed by atoms with Crippen molar-refractivity contribution in [1.82, 2.24) is 10.6 Å². The fourth-order valence-corrected chi connectivity index (χ4v) is 2.12. The molecule has 0 aliphatic rings. The highest BCUT2D eigenvalue weighted by Crippen LogP contribution is 2.11. The van der Waals surface area contributed by atoms with E-state index in [1.54, 1.807) is 18.4 Å². The lowest BCUT2D eigenvalue weighted by atomic mass is 10.0. The van der Waals surface area contributed by atoms with Crippen LogP contribution in [0.3, 0.4) is 0 Å². The van der Waals surface area contributed by atoms with E-state index in [2.05, 4.69) is 10.6 Å². The maximum Gasteiger partial charge on any atom is 0.243 e. The fraction of sp³-hybridized carbons (Fsp3) is 0.412. The summed E-state index contributed by atoms with van der Waals surface area (Å²) in [4.78, 5) is 46.3. The Balaban J connectivity index is 2.76. The van der Waals surface area contributed by atoms with Crippen LogP contribution in [0, 0.1) is 0 Å². The molecule has 26 heavy (non-hydrogen) atoms. The minimum Gasteiger partial charge on any atom is -0.508 e. The molecule has 0 saturated heterocycles. The number of hydrogen-bond acceptors (Lipinski definition) is 6. The molecule has 0 spiro atoms. The molecular weight excluding hydrogens is 340 g/mol. The summed E-state index contributed by atoms with van der Waals surface area (Å²) < 4.78 is 0. The van der Waals surface area contributed by atoms with Gasteiger partial charge in [0.1, 0.15) is 11.8 Å². The van der Waals surface area contributed by atoms with Crippen molar-refractivity contribution < 1.29 is 24.3 Å². The first-order chi connectivity index (χ1) is 12.2. The van der Waals surface area contributed by atoms with Crippen LogP contribution in [-0.2, 0) is 25.6 Å². The zero-order chi connectivity index (χ0) is 19.7. The molecule has 3 amide bonds. The molecule has 9 heteroatoms. The first-order valence-electron chi connectivity index (χ1n) is 8.03. The first kappa shape index (κ1) is 21.1. The number of amides is 3. The van der Waals surface area contributed by atoms with E-state index in [-0.39, 0.29) is 25.0 Å². The number of aromatic hydroxyl groups is 1. The Morgan fingerprint density at radius 3 is 2.27 bits per heavy atom. The second-order valence-electron chi connectivity index (χ2n) is 5.90. The summed E-state index contributed by atoms with van der Waals surface area (Å²) in [5, 5.41) is 14.2. The van der Waals surface area contributed by atoms with Crippen molar-refractivity contribution >= 4 is 24.0 Å². The first-order valence-corrected chi connectivity index (χ1v) is 8.03. The van der Waals surface area contributed by atoms with Gasteiger partial charge in [0.25, 0.3) is 0 Å². The van der Waals surface area contributed by atoms with Crippen LogP contribution in [0.25, 0.3) is 0 Å². The Kier molecular flexibility index (Phi) is 8.23. The van der Waals surface area contributed by atoms with Gasteiger partial charge in [-0.05, 0) is 31.0 Å². The third-order valence-corrected chi connectivity index (χ3v) is 3.56. The molecular formula is C17H23N4O5. The second-order valence-corrected chi connectivity index (χ2v) is 5.90. The summed E-state index contributed by atoms with van der Waals surface area (Å²) in [7, 11) is 0. The highest BCUT2D eigenvalue weighted by Gasteiger charge is 2.25. The highest BCUT2D eigenvalue weighted by atomic mass is 16.3. The molecule has 1 rings (SSSR count). The quantitative estimate of drug-likeness (QED) is 0.344. The molecule has 1 aromatic rings. The maximum absolute atomic E-state index is 12.4. The van der Waals surface area contributed by atoms with Crippen LogP contribution in [0.2, 0.25) is 0 Å². The zero-order valence-electron chi connectivity index (χ0n) is 14.4. The number of carbonyl (C=O) groups excluding carboxylic acids is 4. The fourth-order valence-electron chi connectivity index (χ4n) is 2.12. The van der Waals surface area contributed by atoms with E-state index in [4.69, 9.17) is 11.5 Å². The largest absolute Gasteiger partial charge is 0.508 e. The maximum atomic E-state index is 12.4. The molecule has 0 heterocycles. The molecule has 1 radical (unpaired) electrons. The third kappa shape index (κ3) is 7.31. The van der Waals surface area contributed by atoms with E-state index in [1.807, 2.05) is 0 Å². The van der Waals surface area contributed by atoms with Gasteiger partial charge in [0.2, 0.25) is 24.0 Å². The van der Waals surface area contributed by atoms with Crippen LogP contribution in [-0.4, -0.2) is 47.2 Å². The van der Waals surface area contributed by atoms with E-state index < -0.39 is 35.8 Å². The van der Waals surface area contributed by atoms with Crippen molar-refractivity contribution in [2.45, 2.75) is 44.3 Å². The van der Waals surface area contributed by atoms with Crippen molar-refractivity contribution in [2.75, 3.05) is 0 Å². The Hall–Kier alpha value is -2.94. The van der Waals surface area contributed by atoms with Crippen LogP contribution < -0.4 is 22.1 Å². The number of primary amides is 1. The number of carbonyl (C=O) groups is 3. The normalized spacial score (nSPS) is 13.9. The number of phenols is 1. The molecule has 9 nitrogen and oxygen atoms in total. The molecule has 0 aliphatic heterocycles. The lowest BCUT2D eigenvalue weighted by Gasteiger charge is -2.21. The topological polar surface area (TPSA) is 165 Å². The third-order valence-electron chi connectivity index (χ3n) is 3.56. The van der Waals surface area contributed by atoms with Crippen LogP contribution in [0.4, 0.5) is 0 Å². The Morgan fingerprint density at radius 1 is 1.15 bits per heavy atom. The molecule has 0 unspecified atom stereocenters. The van der Waals surface area contributed by atoms with Crippen molar-refractivity contribution in [2.24, 2.45) is 11.5 Å². The summed E-state index contributed by atoms with van der Waals surface area (Å²) in [5.74, 6) is -1.76. The van der Waals surface area contributed by atoms with E-state index in [0.29, 0.717) is 5.56 Å². The van der Waals surface area contributed by atoms with Gasteiger partial charge >= 0.3 is 0 Å². The van der Waals surface area contributed by atoms with Crippen molar-refractivity contribution in [3.8, 4) is 5.75 Å². The number of rotatable bonds is 10. The predicted molar refractivity (Wildman–Crippen MR) is 93.4 cm³/mol. The molecule has 1 aromatic carbocycles. The molecule has 0 fully saturated rings. The average Bonchev–Trinajstić information content (AvgIpc) is 2.59. The minimum atomic E-state index is -1.06. The number of nitrogens with two attached hydrogens (primary N) is 2. The van der Waals surface area contributed by atoms with Gasteiger partial charge in [-0.1, -0.05) is 12.1 Å². The van der Waals surface area contributed by atoms with Crippen molar-refractivity contribution in [3.05, 3.63) is 29.8 Å². The van der Waals surface area contributed by atoms with E-state index in [1.165, 1.54) is 19.1 Å². The minimum absolute atomic E-state index is 0.0234. The van der Waals surface area contributed by atoms with Gasteiger partial charge in [0, 0.05) is 12.8 Å². The SMILES string of the molecule is C[C@@H](N)C(=O)N[C@@H](CCC(N)=O)C(=O)N[C@H]([C]=O)Cc1ccc(O)cc1. The van der Waals surface area contributed by atoms with Gasteiger partial charge < -0.3 is 27.2 Å². The highest BCUT2D eigenvalue weighted by molar-refractivity contribution is 5.91. The van der Waals surface area contributed by atoms with Gasteiger partial charge in [0.05, 0.1) is 12.1 Å². The summed E-state index contributed by atoms with van der Waals surface area (Å²) in [5.41, 5.74) is 11.2. The van der Waals surface area contributed by atoms with E-state index >= 15 is 0 Å². The summed E-state index contributed by atoms with van der Waals surface area (Å²) in [6.07, 6.45) is 1.73. The Labute approximate surface area is 151 Å². The molecule has 0 bridgehead atoms. The van der Waals surface area contributed by atoms with E-state index in [0.717, 1.165) is 0 Å². The lowest BCUT2D eigenvalue weighted by molar-refractivity contribution is -0.130. The van der Waals surface area contributed by atoms with E-state index in [9.17, 15) is 24.3 Å². The summed E-state index contributed by atoms with van der Waals surface area (Å²) in [6, 6.07) is 3.26. The number of hydrogen-bond donors (Lipinski definition) is 5. The van der Waals surface area contributed by atoms with Gasteiger partial charge in [-0.2, -0.15) is 0 Å². The molecule has 0 saturated carbocycles. The van der Waals surface area contributed by atoms with Gasteiger partial charge in [-0.25, -0.2) is 0 Å². The Bertz CT molecular complexity index is 645. The monoisotopic (exact) mass is 363 g/mol. The summed E-state index contributed by atoms with van der Waals surface area (Å²) >= 11 is 0.